The number of aliphatic carboxylic acids is 1. The van der Waals surface area contributed by atoms with Crippen LogP contribution in [0.15, 0.2) is 18.1 Å². The minimum atomic E-state index is -0.915. The lowest BCUT2D eigenvalue weighted by molar-refractivity contribution is -0.132. The summed E-state index contributed by atoms with van der Waals surface area (Å²) in [6.45, 7) is 0.305. The molecular formula is C8H7N3O2. The van der Waals surface area contributed by atoms with Crippen molar-refractivity contribution in [3.63, 3.8) is 0 Å². The Labute approximate surface area is 74.1 Å². The van der Waals surface area contributed by atoms with Crippen LogP contribution < -0.4 is 5.32 Å². The van der Waals surface area contributed by atoms with Gasteiger partial charge in [0.15, 0.2) is 0 Å². The predicted octanol–water partition coefficient (Wildman–Crippen LogP) is 0.370. The summed E-state index contributed by atoms with van der Waals surface area (Å²) in [6, 6.07) is 0. The molecule has 0 atom stereocenters. The highest BCUT2D eigenvalue weighted by Crippen LogP contribution is 2.19. The largest absolute Gasteiger partial charge is 0.478 e. The van der Waals surface area contributed by atoms with Crippen LogP contribution in [-0.4, -0.2) is 27.6 Å². The van der Waals surface area contributed by atoms with Gasteiger partial charge in [-0.2, -0.15) is 0 Å². The van der Waals surface area contributed by atoms with Crippen LogP contribution in [0.1, 0.15) is 5.56 Å². The van der Waals surface area contributed by atoms with E-state index >= 15 is 0 Å². The van der Waals surface area contributed by atoms with Crippen LogP contribution in [0.25, 0.3) is 6.08 Å². The molecule has 0 bridgehead atoms. The number of hydrogen-bond donors (Lipinski definition) is 2. The Morgan fingerprint density at radius 1 is 1.62 bits per heavy atom. The Morgan fingerprint density at radius 2 is 2.46 bits per heavy atom. The van der Waals surface area contributed by atoms with Gasteiger partial charge < -0.3 is 10.4 Å². The van der Waals surface area contributed by atoms with E-state index in [9.17, 15) is 4.79 Å². The maximum atomic E-state index is 10.6. The number of carbonyl (C=O) groups is 1. The highest BCUT2D eigenvalue weighted by molar-refractivity contribution is 5.95. The van der Waals surface area contributed by atoms with E-state index in [0.29, 0.717) is 23.5 Å². The zero-order chi connectivity index (χ0) is 9.26. The molecule has 0 spiro atoms. The first kappa shape index (κ1) is 7.72. The molecule has 5 heteroatoms. The standard InChI is InChI=1S/C8H7N3O2/c12-8(13)6-1-5-2-9-4-11-7(5)10-3-6/h1-2,4H,3H2,(H,12,13)(H,9,10,11). The van der Waals surface area contributed by atoms with Crippen LogP contribution in [0, 0.1) is 0 Å². The summed E-state index contributed by atoms with van der Waals surface area (Å²) in [4.78, 5) is 18.4. The fourth-order valence-corrected chi connectivity index (χ4v) is 1.15. The summed E-state index contributed by atoms with van der Waals surface area (Å²) in [7, 11) is 0. The highest BCUT2D eigenvalue weighted by atomic mass is 16.4. The average molecular weight is 177 g/mol. The van der Waals surface area contributed by atoms with Crippen molar-refractivity contribution in [1.82, 2.24) is 9.97 Å². The van der Waals surface area contributed by atoms with Crippen molar-refractivity contribution >= 4 is 17.9 Å². The zero-order valence-electron chi connectivity index (χ0n) is 6.69. The van der Waals surface area contributed by atoms with E-state index in [1.54, 1.807) is 12.3 Å². The molecule has 0 radical (unpaired) electrons. The Hall–Kier alpha value is -1.91. The SMILES string of the molecule is O=C(O)C1=Cc2cncnc2NC1. The summed E-state index contributed by atoms with van der Waals surface area (Å²) in [5.41, 5.74) is 1.04. The number of nitrogens with one attached hydrogen (secondary N) is 1. The minimum Gasteiger partial charge on any atom is -0.478 e. The van der Waals surface area contributed by atoms with Crippen molar-refractivity contribution in [2.75, 3.05) is 11.9 Å². The van der Waals surface area contributed by atoms with E-state index in [1.165, 1.54) is 6.33 Å². The molecule has 0 saturated heterocycles. The smallest absolute Gasteiger partial charge is 0.333 e. The van der Waals surface area contributed by atoms with Gasteiger partial charge in [-0.3, -0.25) is 0 Å². The van der Waals surface area contributed by atoms with E-state index in [2.05, 4.69) is 15.3 Å². The third-order valence-corrected chi connectivity index (χ3v) is 1.79. The van der Waals surface area contributed by atoms with E-state index in [1.807, 2.05) is 0 Å². The first-order valence-electron chi connectivity index (χ1n) is 3.75. The number of aromatic nitrogens is 2. The molecule has 0 amide bonds. The first-order valence-corrected chi connectivity index (χ1v) is 3.75. The van der Waals surface area contributed by atoms with Gasteiger partial charge in [-0.1, -0.05) is 0 Å². The summed E-state index contributed by atoms with van der Waals surface area (Å²) < 4.78 is 0. The molecule has 0 aromatic carbocycles. The van der Waals surface area contributed by atoms with Crippen molar-refractivity contribution in [2.24, 2.45) is 0 Å². The maximum absolute atomic E-state index is 10.6. The Kier molecular flexibility index (Phi) is 1.70. The fraction of sp³-hybridized carbons (Fsp3) is 0.125. The number of hydrogen-bond acceptors (Lipinski definition) is 4. The number of nitrogens with zero attached hydrogens (tertiary/aromatic N) is 2. The molecule has 0 saturated carbocycles. The van der Waals surface area contributed by atoms with Gasteiger partial charge in [-0.05, 0) is 6.08 Å². The second-order valence-electron chi connectivity index (χ2n) is 2.65. The number of rotatable bonds is 1. The monoisotopic (exact) mass is 177 g/mol. The van der Waals surface area contributed by atoms with Gasteiger partial charge in [0.2, 0.25) is 0 Å². The highest BCUT2D eigenvalue weighted by Gasteiger charge is 2.14. The minimum absolute atomic E-state index is 0.305. The van der Waals surface area contributed by atoms with Crippen LogP contribution >= 0.6 is 0 Å². The fourth-order valence-electron chi connectivity index (χ4n) is 1.15. The molecule has 0 fully saturated rings. The Balaban J connectivity index is 2.44. The number of carboxylic acids is 1. The Bertz CT molecular complexity index is 387. The first-order chi connectivity index (χ1) is 6.27. The maximum Gasteiger partial charge on any atom is 0.333 e. The molecule has 2 N–H and O–H groups in total. The van der Waals surface area contributed by atoms with Crippen LogP contribution in [0.4, 0.5) is 5.82 Å². The lowest BCUT2D eigenvalue weighted by Crippen LogP contribution is -2.17. The molecule has 0 aliphatic carbocycles. The molecule has 1 aromatic rings. The van der Waals surface area contributed by atoms with E-state index in [-0.39, 0.29) is 0 Å². The normalized spacial score (nSPS) is 14.0. The second-order valence-corrected chi connectivity index (χ2v) is 2.65. The summed E-state index contributed by atoms with van der Waals surface area (Å²) in [5, 5.41) is 11.6. The molecule has 66 valence electrons. The molecule has 5 nitrogen and oxygen atoms in total. The van der Waals surface area contributed by atoms with Gasteiger partial charge in [0, 0.05) is 18.3 Å². The quantitative estimate of drug-likeness (QED) is 0.648. The van der Waals surface area contributed by atoms with Gasteiger partial charge in [0.05, 0.1) is 5.57 Å². The second kappa shape index (κ2) is 2.85. The number of carboxylic acid groups (broad SMARTS) is 1. The van der Waals surface area contributed by atoms with Gasteiger partial charge in [-0.25, -0.2) is 14.8 Å². The lowest BCUT2D eigenvalue weighted by Gasteiger charge is -2.13. The van der Waals surface area contributed by atoms with Crippen molar-refractivity contribution in [3.8, 4) is 0 Å². The number of fused-ring (bicyclic) bond motifs is 1. The Morgan fingerprint density at radius 3 is 3.23 bits per heavy atom. The van der Waals surface area contributed by atoms with Crippen LogP contribution in [-0.2, 0) is 4.79 Å². The van der Waals surface area contributed by atoms with Crippen molar-refractivity contribution in [1.29, 1.82) is 0 Å². The van der Waals surface area contributed by atoms with E-state index < -0.39 is 5.97 Å². The van der Waals surface area contributed by atoms with Crippen LogP contribution in [0.2, 0.25) is 0 Å². The van der Waals surface area contributed by atoms with Crippen molar-refractivity contribution in [3.05, 3.63) is 23.7 Å². The molecule has 13 heavy (non-hydrogen) atoms. The molecule has 2 rings (SSSR count). The topological polar surface area (TPSA) is 75.1 Å². The third-order valence-electron chi connectivity index (χ3n) is 1.79. The van der Waals surface area contributed by atoms with E-state index in [4.69, 9.17) is 5.11 Å². The average Bonchev–Trinajstić information content (AvgIpc) is 2.17. The molecule has 0 unspecified atom stereocenters. The lowest BCUT2D eigenvalue weighted by atomic mass is 10.1. The number of anilines is 1. The van der Waals surface area contributed by atoms with Crippen molar-refractivity contribution < 1.29 is 9.90 Å². The van der Waals surface area contributed by atoms with Gasteiger partial charge >= 0.3 is 5.97 Å². The summed E-state index contributed by atoms with van der Waals surface area (Å²) in [6.07, 6.45) is 4.58. The third kappa shape index (κ3) is 1.35. The van der Waals surface area contributed by atoms with Crippen LogP contribution in [0.3, 0.4) is 0 Å². The molecular weight excluding hydrogens is 170 g/mol. The van der Waals surface area contributed by atoms with Gasteiger partial charge in [0.1, 0.15) is 12.1 Å². The zero-order valence-corrected chi connectivity index (χ0v) is 6.69. The summed E-state index contributed by atoms with van der Waals surface area (Å²) >= 11 is 0. The van der Waals surface area contributed by atoms with Gasteiger partial charge in [0.25, 0.3) is 0 Å². The molecule has 2 heterocycles. The molecule has 1 aromatic heterocycles. The van der Waals surface area contributed by atoms with E-state index in [0.717, 1.165) is 0 Å². The summed E-state index contributed by atoms with van der Waals surface area (Å²) in [5.74, 6) is -0.234. The molecule has 1 aliphatic rings. The predicted molar refractivity (Wildman–Crippen MR) is 46.1 cm³/mol. The molecule has 1 aliphatic heterocycles. The van der Waals surface area contributed by atoms with Crippen molar-refractivity contribution in [2.45, 2.75) is 0 Å². The van der Waals surface area contributed by atoms with Gasteiger partial charge in [-0.15, -0.1) is 0 Å². The van der Waals surface area contributed by atoms with Crippen LogP contribution in [0.5, 0.6) is 0 Å².